The van der Waals surface area contributed by atoms with Crippen molar-refractivity contribution >= 4 is 11.8 Å². The van der Waals surface area contributed by atoms with Gasteiger partial charge in [0.2, 0.25) is 0 Å². The molecule has 4 heteroatoms. The Labute approximate surface area is 124 Å². The second-order valence-corrected chi connectivity index (χ2v) is 6.66. The molecule has 20 heavy (non-hydrogen) atoms. The highest BCUT2D eigenvalue weighted by atomic mass is 32.2. The van der Waals surface area contributed by atoms with Gasteiger partial charge in [0.1, 0.15) is 11.6 Å². The molecule has 112 valence electrons. The molecule has 1 aliphatic heterocycles. The third-order valence-electron chi connectivity index (χ3n) is 3.90. The molecule has 0 aliphatic carbocycles. The van der Waals surface area contributed by atoms with Crippen LogP contribution in [0.2, 0.25) is 0 Å². The third kappa shape index (κ3) is 4.19. The fourth-order valence-electron chi connectivity index (χ4n) is 2.78. The van der Waals surface area contributed by atoms with E-state index < -0.39 is 11.6 Å². The van der Waals surface area contributed by atoms with Gasteiger partial charge in [0.15, 0.2) is 0 Å². The lowest BCUT2D eigenvalue weighted by Crippen LogP contribution is -2.27. The number of hydrogen-bond acceptors (Lipinski definition) is 2. The molecule has 1 fully saturated rings. The van der Waals surface area contributed by atoms with Gasteiger partial charge in [-0.15, -0.1) is 0 Å². The van der Waals surface area contributed by atoms with Crippen molar-refractivity contribution in [2.75, 3.05) is 18.1 Å². The fourth-order valence-corrected chi connectivity index (χ4v) is 3.98. The van der Waals surface area contributed by atoms with Gasteiger partial charge in [0.25, 0.3) is 0 Å². The molecule has 1 aromatic carbocycles. The van der Waals surface area contributed by atoms with Crippen LogP contribution in [-0.4, -0.2) is 18.1 Å². The zero-order valence-corrected chi connectivity index (χ0v) is 12.8. The van der Waals surface area contributed by atoms with Gasteiger partial charge in [-0.25, -0.2) is 8.78 Å². The number of halogens is 2. The average Bonchev–Trinajstić information content (AvgIpc) is 2.45. The second-order valence-electron chi connectivity index (χ2n) is 5.43. The average molecular weight is 299 g/mol. The van der Waals surface area contributed by atoms with Crippen molar-refractivity contribution in [2.24, 2.45) is 5.92 Å². The largest absolute Gasteiger partial charge is 0.310 e. The van der Waals surface area contributed by atoms with Crippen molar-refractivity contribution in [1.82, 2.24) is 5.32 Å². The highest BCUT2D eigenvalue weighted by molar-refractivity contribution is 7.99. The summed E-state index contributed by atoms with van der Waals surface area (Å²) in [4.78, 5) is 0. The molecule has 0 spiro atoms. The van der Waals surface area contributed by atoms with Crippen molar-refractivity contribution in [3.8, 4) is 0 Å². The van der Waals surface area contributed by atoms with Crippen LogP contribution < -0.4 is 5.32 Å². The van der Waals surface area contributed by atoms with E-state index in [0.717, 1.165) is 32.2 Å². The maximum atomic E-state index is 14.0. The molecule has 0 saturated carbocycles. The lowest BCUT2D eigenvalue weighted by Gasteiger charge is -2.27. The topological polar surface area (TPSA) is 12.0 Å². The first-order valence-electron chi connectivity index (χ1n) is 7.47. The van der Waals surface area contributed by atoms with E-state index in [0.29, 0.717) is 5.92 Å². The van der Waals surface area contributed by atoms with Gasteiger partial charge < -0.3 is 5.32 Å². The number of rotatable bonds is 6. The Hall–Kier alpha value is -0.610. The summed E-state index contributed by atoms with van der Waals surface area (Å²) >= 11 is 1.98. The Morgan fingerprint density at radius 2 is 1.90 bits per heavy atom. The quantitative estimate of drug-likeness (QED) is 0.827. The first-order valence-corrected chi connectivity index (χ1v) is 8.63. The van der Waals surface area contributed by atoms with Crippen LogP contribution in [0.15, 0.2) is 18.2 Å². The van der Waals surface area contributed by atoms with E-state index in [2.05, 4.69) is 12.2 Å². The summed E-state index contributed by atoms with van der Waals surface area (Å²) in [5.74, 6) is 2.06. The molecule has 1 aliphatic rings. The molecule has 1 aromatic rings. The summed E-state index contributed by atoms with van der Waals surface area (Å²) < 4.78 is 28.0. The lowest BCUT2D eigenvalue weighted by atomic mass is 9.90. The minimum Gasteiger partial charge on any atom is -0.310 e. The molecule has 1 atom stereocenters. The molecule has 1 nitrogen and oxygen atoms in total. The minimum atomic E-state index is -0.427. The van der Waals surface area contributed by atoms with E-state index in [-0.39, 0.29) is 11.6 Å². The molecule has 1 heterocycles. The van der Waals surface area contributed by atoms with Crippen LogP contribution in [0.3, 0.4) is 0 Å². The van der Waals surface area contributed by atoms with Gasteiger partial charge in [0, 0.05) is 11.6 Å². The van der Waals surface area contributed by atoms with Crippen molar-refractivity contribution in [1.29, 1.82) is 0 Å². The second kappa shape index (κ2) is 7.99. The van der Waals surface area contributed by atoms with Crippen LogP contribution in [0.25, 0.3) is 0 Å². The molecular weight excluding hydrogens is 276 g/mol. The van der Waals surface area contributed by atoms with Crippen LogP contribution in [0.5, 0.6) is 0 Å². The smallest absolute Gasteiger partial charge is 0.130 e. The summed E-state index contributed by atoms with van der Waals surface area (Å²) in [6, 6.07) is 3.94. The van der Waals surface area contributed by atoms with Gasteiger partial charge in [-0.05, 0) is 61.8 Å². The lowest BCUT2D eigenvalue weighted by molar-refractivity contribution is 0.354. The first-order chi connectivity index (χ1) is 9.72. The van der Waals surface area contributed by atoms with Crippen LogP contribution in [0.4, 0.5) is 8.78 Å². The van der Waals surface area contributed by atoms with E-state index in [4.69, 9.17) is 0 Å². The molecule has 1 unspecified atom stereocenters. The Balaban J connectivity index is 2.13. The zero-order valence-electron chi connectivity index (χ0n) is 12.0. The van der Waals surface area contributed by atoms with E-state index in [1.165, 1.54) is 29.7 Å². The summed E-state index contributed by atoms with van der Waals surface area (Å²) in [6.45, 7) is 2.86. The van der Waals surface area contributed by atoms with E-state index in [9.17, 15) is 8.78 Å². The molecule has 2 rings (SSSR count). The van der Waals surface area contributed by atoms with Crippen LogP contribution in [-0.2, 0) is 0 Å². The Kier molecular flexibility index (Phi) is 6.30. The first kappa shape index (κ1) is 15.8. The Bertz CT molecular complexity index is 399. The fraction of sp³-hybridized carbons (Fsp3) is 0.625. The maximum absolute atomic E-state index is 14.0. The Morgan fingerprint density at radius 3 is 2.50 bits per heavy atom. The summed E-state index contributed by atoms with van der Waals surface area (Å²) in [5, 5.41) is 3.33. The molecule has 0 bridgehead atoms. The normalized spacial score (nSPS) is 18.1. The number of thioether (sulfide) groups is 1. The highest BCUT2D eigenvalue weighted by Gasteiger charge is 2.24. The summed E-state index contributed by atoms with van der Waals surface area (Å²) in [7, 11) is 0. The van der Waals surface area contributed by atoms with Crippen molar-refractivity contribution in [3.05, 3.63) is 35.4 Å². The molecule has 0 amide bonds. The number of nitrogens with one attached hydrogen (secondary N) is 1. The van der Waals surface area contributed by atoms with E-state index in [1.807, 2.05) is 11.8 Å². The molecule has 0 radical (unpaired) electrons. The highest BCUT2D eigenvalue weighted by Crippen LogP contribution is 2.32. The standard InChI is InChI=1S/C16H23F2NS/c1-2-8-19-15(11-12-6-9-20-10-7-12)16-13(17)4-3-5-14(16)18/h3-5,12,15,19H,2,6-11H2,1H3. The molecule has 1 saturated heterocycles. The van der Waals surface area contributed by atoms with Crippen LogP contribution >= 0.6 is 11.8 Å². The zero-order chi connectivity index (χ0) is 14.4. The SMILES string of the molecule is CCCNC(CC1CCSCC1)c1c(F)cccc1F. The van der Waals surface area contributed by atoms with Crippen LogP contribution in [0.1, 0.15) is 44.2 Å². The van der Waals surface area contributed by atoms with Gasteiger partial charge in [0.05, 0.1) is 0 Å². The number of hydrogen-bond donors (Lipinski definition) is 1. The summed E-state index contributed by atoms with van der Waals surface area (Å²) in [5.41, 5.74) is 0.221. The predicted octanol–water partition coefficient (Wildman–Crippen LogP) is 4.54. The van der Waals surface area contributed by atoms with Gasteiger partial charge in [-0.2, -0.15) is 11.8 Å². The molecular formula is C16H23F2NS. The van der Waals surface area contributed by atoms with Gasteiger partial charge >= 0.3 is 0 Å². The van der Waals surface area contributed by atoms with Gasteiger partial charge in [-0.3, -0.25) is 0 Å². The molecule has 0 aromatic heterocycles. The number of benzene rings is 1. The molecule has 1 N–H and O–H groups in total. The van der Waals surface area contributed by atoms with Crippen molar-refractivity contribution in [2.45, 2.75) is 38.6 Å². The maximum Gasteiger partial charge on any atom is 0.130 e. The van der Waals surface area contributed by atoms with Crippen molar-refractivity contribution in [3.63, 3.8) is 0 Å². The predicted molar refractivity (Wildman–Crippen MR) is 82.1 cm³/mol. The minimum absolute atomic E-state index is 0.204. The van der Waals surface area contributed by atoms with E-state index >= 15 is 0 Å². The van der Waals surface area contributed by atoms with Crippen molar-refractivity contribution < 1.29 is 8.78 Å². The van der Waals surface area contributed by atoms with Gasteiger partial charge in [-0.1, -0.05) is 13.0 Å². The van der Waals surface area contributed by atoms with E-state index in [1.54, 1.807) is 0 Å². The Morgan fingerprint density at radius 1 is 1.25 bits per heavy atom. The third-order valence-corrected chi connectivity index (χ3v) is 4.95. The van der Waals surface area contributed by atoms with Crippen LogP contribution in [0, 0.1) is 17.6 Å². The summed E-state index contributed by atoms with van der Waals surface area (Å²) in [6.07, 6.45) is 4.11. The monoisotopic (exact) mass is 299 g/mol.